The van der Waals surface area contributed by atoms with Gasteiger partial charge in [0.15, 0.2) is 5.96 Å². The molecule has 0 atom stereocenters. The quantitative estimate of drug-likeness (QED) is 0.166. The number of carbonyl (C=O) groups is 1. The third-order valence-electron chi connectivity index (χ3n) is 5.03. The van der Waals surface area contributed by atoms with Gasteiger partial charge in [-0.1, -0.05) is 12.1 Å². The first-order valence-electron chi connectivity index (χ1n) is 9.97. The Morgan fingerprint density at radius 3 is 2.39 bits per heavy atom. The molecule has 2 N–H and O–H groups in total. The summed E-state index contributed by atoms with van der Waals surface area (Å²) in [5.41, 5.74) is 0.765. The maximum absolute atomic E-state index is 12.0. The molecule has 1 aromatic carbocycles. The molecule has 1 amide bonds. The lowest BCUT2D eigenvalue weighted by atomic mass is 10.0. The van der Waals surface area contributed by atoms with Crippen LogP contribution < -0.4 is 10.6 Å². The van der Waals surface area contributed by atoms with E-state index in [2.05, 4.69) is 34.4 Å². The van der Waals surface area contributed by atoms with Crippen LogP contribution in [0.4, 0.5) is 5.69 Å². The van der Waals surface area contributed by atoms with Crippen LogP contribution in [0, 0.1) is 10.1 Å². The van der Waals surface area contributed by atoms with Crippen molar-refractivity contribution in [1.29, 1.82) is 0 Å². The van der Waals surface area contributed by atoms with Gasteiger partial charge in [0, 0.05) is 51.4 Å². The molecular weight excluding hydrogens is 515 g/mol. The van der Waals surface area contributed by atoms with Gasteiger partial charge in [-0.15, -0.1) is 24.0 Å². The smallest absolute Gasteiger partial charge is 0.269 e. The molecule has 11 heteroatoms. The third-order valence-corrected chi connectivity index (χ3v) is 5.03. The number of hydrogen-bond donors (Lipinski definition) is 2. The molecule has 174 valence electrons. The normalized spacial score (nSPS) is 15.0. The van der Waals surface area contributed by atoms with Crippen LogP contribution in [0.15, 0.2) is 29.3 Å². The number of aliphatic imine (C=N–C) groups is 1. The third kappa shape index (κ3) is 8.95. The number of nitro groups is 1. The summed E-state index contributed by atoms with van der Waals surface area (Å²) in [7, 11) is 3.40. The minimum atomic E-state index is -0.428. The number of ether oxygens (including phenoxy) is 1. The Labute approximate surface area is 200 Å². The SMILES string of the molecule is CN(C)C(=O)CNC(=NCc1ccc([N+](=O)[O-])cc1)NCC(C)(C)N1CCOCC1.I. The van der Waals surface area contributed by atoms with Crippen LogP contribution in [0.3, 0.4) is 0 Å². The van der Waals surface area contributed by atoms with E-state index in [0.29, 0.717) is 19.0 Å². The van der Waals surface area contributed by atoms with E-state index in [9.17, 15) is 14.9 Å². The van der Waals surface area contributed by atoms with Crippen molar-refractivity contribution in [3.05, 3.63) is 39.9 Å². The van der Waals surface area contributed by atoms with Gasteiger partial charge >= 0.3 is 0 Å². The zero-order chi connectivity index (χ0) is 22.1. The molecule has 0 radical (unpaired) electrons. The highest BCUT2D eigenvalue weighted by molar-refractivity contribution is 14.0. The second-order valence-electron chi connectivity index (χ2n) is 8.00. The van der Waals surface area contributed by atoms with Crippen molar-refractivity contribution in [2.75, 3.05) is 53.5 Å². The summed E-state index contributed by atoms with van der Waals surface area (Å²) in [5, 5.41) is 17.2. The summed E-state index contributed by atoms with van der Waals surface area (Å²) in [5.74, 6) is 0.456. The van der Waals surface area contributed by atoms with E-state index in [1.807, 2.05) is 0 Å². The number of nitro benzene ring substituents is 1. The van der Waals surface area contributed by atoms with Crippen LogP contribution in [0.5, 0.6) is 0 Å². The number of halogens is 1. The van der Waals surface area contributed by atoms with Gasteiger partial charge in [0.1, 0.15) is 0 Å². The molecule has 1 aliphatic heterocycles. The van der Waals surface area contributed by atoms with Crippen LogP contribution >= 0.6 is 24.0 Å². The predicted octanol–water partition coefficient (Wildman–Crippen LogP) is 1.45. The van der Waals surface area contributed by atoms with Crippen molar-refractivity contribution < 1.29 is 14.5 Å². The number of rotatable bonds is 8. The molecule has 1 heterocycles. The second kappa shape index (κ2) is 12.8. The molecule has 10 nitrogen and oxygen atoms in total. The number of nitrogens with one attached hydrogen (secondary N) is 2. The fourth-order valence-corrected chi connectivity index (χ4v) is 2.97. The molecule has 0 aliphatic carbocycles. The number of non-ortho nitro benzene ring substituents is 1. The highest BCUT2D eigenvalue weighted by atomic mass is 127. The first-order valence-corrected chi connectivity index (χ1v) is 9.97. The average molecular weight is 548 g/mol. The maximum atomic E-state index is 12.0. The van der Waals surface area contributed by atoms with Gasteiger partial charge in [-0.2, -0.15) is 0 Å². The van der Waals surface area contributed by atoms with E-state index < -0.39 is 4.92 Å². The Balaban J connectivity index is 0.00000480. The molecule has 2 rings (SSSR count). The number of hydrogen-bond acceptors (Lipinski definition) is 6. The zero-order valence-electron chi connectivity index (χ0n) is 18.6. The molecule has 0 aromatic heterocycles. The van der Waals surface area contributed by atoms with Gasteiger partial charge in [-0.05, 0) is 19.4 Å². The lowest BCUT2D eigenvalue weighted by molar-refractivity contribution is -0.384. The van der Waals surface area contributed by atoms with E-state index in [1.165, 1.54) is 17.0 Å². The van der Waals surface area contributed by atoms with Crippen LogP contribution in [0.25, 0.3) is 0 Å². The van der Waals surface area contributed by atoms with Crippen LogP contribution in [0.2, 0.25) is 0 Å². The number of amides is 1. The molecule has 0 spiro atoms. The summed E-state index contributed by atoms with van der Waals surface area (Å²) in [6, 6.07) is 6.29. The fraction of sp³-hybridized carbons (Fsp3) is 0.600. The summed E-state index contributed by atoms with van der Waals surface area (Å²) in [6.45, 7) is 8.59. The molecule has 1 saturated heterocycles. The zero-order valence-corrected chi connectivity index (χ0v) is 20.9. The van der Waals surface area contributed by atoms with Crippen LogP contribution in [-0.4, -0.2) is 85.6 Å². The Morgan fingerprint density at radius 1 is 1.23 bits per heavy atom. The lowest BCUT2D eigenvalue weighted by Gasteiger charge is -2.41. The molecule has 0 unspecified atom stereocenters. The standard InChI is InChI=1S/C20H32N6O4.HI/c1-20(2,25-9-11-30-12-10-25)15-23-19(22-14-18(27)24(3)4)21-13-16-5-7-17(8-6-16)26(28)29;/h5-8H,9-15H2,1-4H3,(H2,21,22,23);1H. The topological polar surface area (TPSA) is 112 Å². The van der Waals surface area contributed by atoms with Gasteiger partial charge < -0.3 is 20.3 Å². The van der Waals surface area contributed by atoms with Gasteiger partial charge in [0.05, 0.1) is 31.2 Å². The van der Waals surface area contributed by atoms with Gasteiger partial charge in [0.2, 0.25) is 5.91 Å². The van der Waals surface area contributed by atoms with Crippen molar-refractivity contribution in [2.45, 2.75) is 25.9 Å². The Kier molecular flexibility index (Phi) is 11.1. The minimum Gasteiger partial charge on any atom is -0.379 e. The molecule has 1 fully saturated rings. The van der Waals surface area contributed by atoms with E-state index >= 15 is 0 Å². The summed E-state index contributed by atoms with van der Waals surface area (Å²) in [4.78, 5) is 30.8. The number of guanidine groups is 1. The molecule has 1 aliphatic rings. The lowest BCUT2D eigenvalue weighted by Crippen LogP contribution is -2.56. The molecule has 0 bridgehead atoms. The van der Waals surface area contributed by atoms with E-state index in [1.54, 1.807) is 26.2 Å². The van der Waals surface area contributed by atoms with E-state index in [0.717, 1.165) is 31.9 Å². The first kappa shape index (κ1) is 27.0. The Bertz CT molecular complexity index is 749. The number of likely N-dealkylation sites (N-methyl/N-ethyl adjacent to an activating group) is 1. The van der Waals surface area contributed by atoms with Gasteiger partial charge in [-0.25, -0.2) is 4.99 Å². The van der Waals surface area contributed by atoms with Crippen LogP contribution in [-0.2, 0) is 16.1 Å². The number of nitrogens with zero attached hydrogens (tertiary/aromatic N) is 4. The maximum Gasteiger partial charge on any atom is 0.269 e. The Hall–Kier alpha value is -1.99. The average Bonchev–Trinajstić information content (AvgIpc) is 2.73. The van der Waals surface area contributed by atoms with Crippen molar-refractivity contribution in [3.8, 4) is 0 Å². The minimum absolute atomic E-state index is 0. The highest BCUT2D eigenvalue weighted by Crippen LogP contribution is 2.15. The van der Waals surface area contributed by atoms with Crippen molar-refractivity contribution in [3.63, 3.8) is 0 Å². The van der Waals surface area contributed by atoms with Crippen molar-refractivity contribution >= 4 is 41.5 Å². The highest BCUT2D eigenvalue weighted by Gasteiger charge is 2.28. The molecule has 0 saturated carbocycles. The summed E-state index contributed by atoms with van der Waals surface area (Å²) >= 11 is 0. The summed E-state index contributed by atoms with van der Waals surface area (Å²) < 4.78 is 5.44. The first-order chi connectivity index (χ1) is 14.2. The molecular formula is C20H33IN6O4. The fourth-order valence-electron chi connectivity index (χ4n) is 2.97. The van der Waals surface area contributed by atoms with Crippen molar-refractivity contribution in [1.82, 2.24) is 20.4 Å². The van der Waals surface area contributed by atoms with Gasteiger partial charge in [0.25, 0.3) is 5.69 Å². The second-order valence-corrected chi connectivity index (χ2v) is 8.00. The monoisotopic (exact) mass is 548 g/mol. The molecule has 31 heavy (non-hydrogen) atoms. The van der Waals surface area contributed by atoms with Crippen molar-refractivity contribution in [2.24, 2.45) is 4.99 Å². The summed E-state index contributed by atoms with van der Waals surface area (Å²) in [6.07, 6.45) is 0. The molecule has 1 aromatic rings. The van der Waals surface area contributed by atoms with E-state index in [-0.39, 0.29) is 47.7 Å². The van der Waals surface area contributed by atoms with E-state index in [4.69, 9.17) is 4.74 Å². The number of benzene rings is 1. The largest absolute Gasteiger partial charge is 0.379 e. The van der Waals surface area contributed by atoms with Gasteiger partial charge in [-0.3, -0.25) is 19.8 Å². The predicted molar refractivity (Wildman–Crippen MR) is 131 cm³/mol. The van der Waals surface area contributed by atoms with Crippen LogP contribution in [0.1, 0.15) is 19.4 Å². The number of carbonyl (C=O) groups excluding carboxylic acids is 1. The number of morpholine rings is 1. The Morgan fingerprint density at radius 2 is 1.84 bits per heavy atom.